The topological polar surface area (TPSA) is 41.6 Å². The van der Waals surface area contributed by atoms with Crippen LogP contribution >= 0.6 is 23.2 Å². The minimum atomic E-state index is -0.331. The molecule has 0 fully saturated rings. The summed E-state index contributed by atoms with van der Waals surface area (Å²) in [6.45, 7) is 2.49. The number of methoxy groups -OCH3 is 1. The van der Waals surface area contributed by atoms with Gasteiger partial charge in [0.05, 0.1) is 28.9 Å². The van der Waals surface area contributed by atoms with Crippen molar-refractivity contribution in [3.63, 3.8) is 0 Å². The molecule has 1 atom stereocenters. The molecule has 0 radical (unpaired) electrons. The molecule has 0 heterocycles. The molecule has 0 spiro atoms. The number of likely N-dealkylation sites (N-methyl/N-ethyl adjacent to an activating group) is 1. The summed E-state index contributed by atoms with van der Waals surface area (Å²) in [7, 11) is 3.53. The Morgan fingerprint density at radius 2 is 1.88 bits per heavy atom. The average molecular weight is 367 g/mol. The molecule has 6 heteroatoms. The molecular formula is C18H20Cl2N2O2. The van der Waals surface area contributed by atoms with Crippen LogP contribution in [-0.2, 0) is 11.3 Å². The Kier molecular flexibility index (Phi) is 6.49. The van der Waals surface area contributed by atoms with Gasteiger partial charge in [-0.15, -0.1) is 0 Å². The summed E-state index contributed by atoms with van der Waals surface area (Å²) in [4.78, 5) is 14.4. The van der Waals surface area contributed by atoms with Crippen LogP contribution in [0.1, 0.15) is 12.5 Å². The van der Waals surface area contributed by atoms with E-state index in [1.54, 1.807) is 25.3 Å². The van der Waals surface area contributed by atoms with Gasteiger partial charge >= 0.3 is 0 Å². The predicted molar refractivity (Wildman–Crippen MR) is 99.0 cm³/mol. The van der Waals surface area contributed by atoms with Gasteiger partial charge in [-0.1, -0.05) is 41.4 Å². The third-order valence-electron chi connectivity index (χ3n) is 3.84. The molecule has 1 amide bonds. The van der Waals surface area contributed by atoms with Gasteiger partial charge in [-0.2, -0.15) is 0 Å². The molecule has 2 aromatic rings. The second-order valence-corrected chi connectivity index (χ2v) is 6.31. The van der Waals surface area contributed by atoms with Gasteiger partial charge in [-0.05, 0) is 43.8 Å². The minimum Gasteiger partial charge on any atom is -0.497 e. The number of nitrogens with one attached hydrogen (secondary N) is 1. The van der Waals surface area contributed by atoms with Crippen molar-refractivity contribution in [2.45, 2.75) is 19.5 Å². The summed E-state index contributed by atoms with van der Waals surface area (Å²) < 4.78 is 5.15. The zero-order valence-corrected chi connectivity index (χ0v) is 15.4. The number of nitrogens with zero attached hydrogens (tertiary/aromatic N) is 1. The highest BCUT2D eigenvalue weighted by Crippen LogP contribution is 2.29. The second kappa shape index (κ2) is 8.38. The number of halogens is 2. The van der Waals surface area contributed by atoms with Crippen molar-refractivity contribution in [3.8, 4) is 5.75 Å². The Balaban J connectivity index is 1.99. The molecular weight excluding hydrogens is 347 g/mol. The van der Waals surface area contributed by atoms with Crippen LogP contribution in [0.3, 0.4) is 0 Å². The van der Waals surface area contributed by atoms with Crippen LogP contribution in [-0.4, -0.2) is 31.0 Å². The minimum absolute atomic E-state index is 0.143. The van der Waals surface area contributed by atoms with E-state index in [1.807, 2.05) is 43.1 Å². The molecule has 0 saturated carbocycles. The first-order valence-corrected chi connectivity index (χ1v) is 8.26. The maximum atomic E-state index is 12.4. The fraction of sp³-hybridized carbons (Fsp3) is 0.278. The highest BCUT2D eigenvalue weighted by molar-refractivity contribution is 6.44. The molecule has 4 nitrogen and oxygen atoms in total. The Morgan fingerprint density at radius 1 is 1.21 bits per heavy atom. The molecule has 2 aromatic carbocycles. The van der Waals surface area contributed by atoms with Crippen molar-refractivity contribution in [1.29, 1.82) is 0 Å². The molecule has 0 bridgehead atoms. The summed E-state index contributed by atoms with van der Waals surface area (Å²) in [6, 6.07) is 12.6. The molecule has 0 aliphatic carbocycles. The fourth-order valence-electron chi connectivity index (χ4n) is 2.19. The normalized spacial score (nSPS) is 12.1. The van der Waals surface area contributed by atoms with Crippen molar-refractivity contribution in [3.05, 3.63) is 58.1 Å². The van der Waals surface area contributed by atoms with E-state index in [2.05, 4.69) is 5.32 Å². The van der Waals surface area contributed by atoms with Gasteiger partial charge in [0.2, 0.25) is 5.91 Å². The predicted octanol–water partition coefficient (Wildman–Crippen LogP) is 4.46. The van der Waals surface area contributed by atoms with E-state index in [1.165, 1.54) is 0 Å². The third-order valence-corrected chi connectivity index (χ3v) is 4.66. The van der Waals surface area contributed by atoms with Gasteiger partial charge in [0, 0.05) is 6.54 Å². The summed E-state index contributed by atoms with van der Waals surface area (Å²) in [5.74, 6) is 0.665. The van der Waals surface area contributed by atoms with Crippen LogP contribution < -0.4 is 10.1 Å². The average Bonchev–Trinajstić information content (AvgIpc) is 2.58. The van der Waals surface area contributed by atoms with E-state index in [-0.39, 0.29) is 11.9 Å². The molecule has 1 unspecified atom stereocenters. The smallest absolute Gasteiger partial charge is 0.241 e. The van der Waals surface area contributed by atoms with E-state index < -0.39 is 0 Å². The number of ether oxygens (including phenoxy) is 1. The van der Waals surface area contributed by atoms with Gasteiger partial charge in [0.25, 0.3) is 0 Å². The van der Waals surface area contributed by atoms with E-state index in [0.29, 0.717) is 22.3 Å². The van der Waals surface area contributed by atoms with E-state index in [9.17, 15) is 4.79 Å². The van der Waals surface area contributed by atoms with Crippen LogP contribution in [0.15, 0.2) is 42.5 Å². The Bertz CT molecular complexity index is 705. The molecule has 0 aliphatic rings. The Morgan fingerprint density at radius 3 is 2.50 bits per heavy atom. The summed E-state index contributed by atoms with van der Waals surface area (Å²) in [5.41, 5.74) is 1.61. The summed E-state index contributed by atoms with van der Waals surface area (Å²) in [6.07, 6.45) is 0. The van der Waals surface area contributed by atoms with E-state index in [4.69, 9.17) is 27.9 Å². The monoisotopic (exact) mass is 366 g/mol. The zero-order chi connectivity index (χ0) is 17.7. The van der Waals surface area contributed by atoms with E-state index >= 15 is 0 Å². The molecule has 0 aliphatic heterocycles. The molecule has 128 valence electrons. The number of hydrogen-bond acceptors (Lipinski definition) is 3. The van der Waals surface area contributed by atoms with Crippen LogP contribution in [0.5, 0.6) is 5.75 Å². The summed E-state index contributed by atoms with van der Waals surface area (Å²) in [5, 5.41) is 3.57. The molecule has 1 N–H and O–H groups in total. The van der Waals surface area contributed by atoms with Gasteiger partial charge in [-0.3, -0.25) is 9.69 Å². The zero-order valence-electron chi connectivity index (χ0n) is 13.8. The lowest BCUT2D eigenvalue weighted by Gasteiger charge is -2.24. The van der Waals surface area contributed by atoms with Crippen molar-refractivity contribution in [2.75, 3.05) is 19.5 Å². The van der Waals surface area contributed by atoms with Crippen LogP contribution in [0.25, 0.3) is 0 Å². The second-order valence-electron chi connectivity index (χ2n) is 5.53. The van der Waals surface area contributed by atoms with Gasteiger partial charge in [0.15, 0.2) is 0 Å². The van der Waals surface area contributed by atoms with Crippen LogP contribution in [0, 0.1) is 0 Å². The first kappa shape index (κ1) is 18.6. The standard InChI is InChI=1S/C18H20Cl2N2O2/c1-12(18(23)21-16-6-4-5-15(19)17(16)20)22(2)11-13-7-9-14(24-3)10-8-13/h4-10,12H,11H2,1-3H3,(H,21,23). The summed E-state index contributed by atoms with van der Waals surface area (Å²) >= 11 is 12.1. The lowest BCUT2D eigenvalue weighted by atomic mass is 10.1. The number of benzene rings is 2. The number of amides is 1. The largest absolute Gasteiger partial charge is 0.497 e. The molecule has 0 aromatic heterocycles. The van der Waals surface area contributed by atoms with Crippen molar-refractivity contribution in [1.82, 2.24) is 4.90 Å². The maximum absolute atomic E-state index is 12.4. The van der Waals surface area contributed by atoms with Gasteiger partial charge < -0.3 is 10.1 Å². The number of carbonyl (C=O) groups is 1. The highest BCUT2D eigenvalue weighted by atomic mass is 35.5. The van der Waals surface area contributed by atoms with Gasteiger partial charge in [0.1, 0.15) is 5.75 Å². The maximum Gasteiger partial charge on any atom is 0.241 e. The number of hydrogen-bond donors (Lipinski definition) is 1. The molecule has 0 saturated heterocycles. The lowest BCUT2D eigenvalue weighted by molar-refractivity contribution is -0.120. The first-order valence-electron chi connectivity index (χ1n) is 7.50. The SMILES string of the molecule is COc1ccc(CN(C)C(C)C(=O)Nc2cccc(Cl)c2Cl)cc1. The van der Waals surface area contributed by atoms with Crippen molar-refractivity contribution < 1.29 is 9.53 Å². The van der Waals surface area contributed by atoms with E-state index in [0.717, 1.165) is 11.3 Å². The van der Waals surface area contributed by atoms with Gasteiger partial charge in [-0.25, -0.2) is 0 Å². The van der Waals surface area contributed by atoms with Crippen LogP contribution in [0.4, 0.5) is 5.69 Å². The Labute approximate surface area is 152 Å². The number of carbonyl (C=O) groups excluding carboxylic acids is 1. The van der Waals surface area contributed by atoms with Crippen molar-refractivity contribution in [2.24, 2.45) is 0 Å². The molecule has 2 rings (SSSR count). The lowest BCUT2D eigenvalue weighted by Crippen LogP contribution is -2.39. The third kappa shape index (κ3) is 4.63. The number of anilines is 1. The van der Waals surface area contributed by atoms with Crippen molar-refractivity contribution >= 4 is 34.8 Å². The highest BCUT2D eigenvalue weighted by Gasteiger charge is 2.19. The quantitative estimate of drug-likeness (QED) is 0.820. The first-order chi connectivity index (χ1) is 11.4. The Hall–Kier alpha value is -1.75. The number of rotatable bonds is 6. The fourth-order valence-corrected chi connectivity index (χ4v) is 2.54. The molecule has 24 heavy (non-hydrogen) atoms. The van der Waals surface area contributed by atoms with Crippen LogP contribution in [0.2, 0.25) is 10.0 Å².